The molecule has 10 heteroatoms. The molecule has 4 atom stereocenters. The Morgan fingerprint density at radius 2 is 2.20 bits per heavy atom. The molecule has 0 unspecified atom stereocenters. The van der Waals surface area contributed by atoms with Crippen LogP contribution in [-0.2, 0) is 9.47 Å². The van der Waals surface area contributed by atoms with E-state index < -0.39 is 11.9 Å². The average molecular weight is 527 g/mol. The number of nitrogens with one attached hydrogen (secondary N) is 2. The Morgan fingerprint density at radius 3 is 2.93 bits per heavy atom. The van der Waals surface area contributed by atoms with Gasteiger partial charge in [0.25, 0.3) is 0 Å². The van der Waals surface area contributed by atoms with Crippen molar-refractivity contribution in [1.29, 1.82) is 0 Å². The lowest BCUT2D eigenvalue weighted by Crippen LogP contribution is -2.34. The lowest BCUT2D eigenvalue weighted by Gasteiger charge is -2.24. The number of carboxylic acid groups (broad SMARTS) is 1. The molecule has 9 nitrogen and oxygen atoms in total. The van der Waals surface area contributed by atoms with Crippen LogP contribution in [0.15, 0.2) is 25.2 Å². The first kappa shape index (κ1) is 21.3. The van der Waals surface area contributed by atoms with Gasteiger partial charge >= 0.3 is 6.09 Å². The molecule has 30 heavy (non-hydrogen) atoms. The van der Waals surface area contributed by atoms with E-state index in [1.807, 2.05) is 19.9 Å². The molecular formula is C20H26IN5O4. The normalized spacial score (nSPS) is 27.2. The zero-order chi connectivity index (χ0) is 21.5. The van der Waals surface area contributed by atoms with Crippen LogP contribution in [0.25, 0.3) is 11.0 Å². The highest BCUT2D eigenvalue weighted by atomic mass is 127. The molecule has 162 valence electrons. The molecule has 1 aliphatic carbocycles. The van der Waals surface area contributed by atoms with Crippen LogP contribution in [-0.4, -0.2) is 56.8 Å². The lowest BCUT2D eigenvalue weighted by atomic mass is 10.1. The number of ether oxygens (including phenoxy) is 2. The molecule has 1 saturated carbocycles. The summed E-state index contributed by atoms with van der Waals surface area (Å²) in [7, 11) is 0. The van der Waals surface area contributed by atoms with Crippen LogP contribution in [0.3, 0.4) is 0 Å². The van der Waals surface area contributed by atoms with Crippen molar-refractivity contribution in [3.8, 4) is 0 Å². The number of carbonyl (C=O) groups is 1. The molecule has 2 aromatic rings. The number of halogens is 1. The number of nitrogens with zero attached hydrogens (tertiary/aromatic N) is 3. The Hall–Kier alpha value is -1.92. The van der Waals surface area contributed by atoms with E-state index in [2.05, 4.69) is 60.5 Å². The van der Waals surface area contributed by atoms with Gasteiger partial charge in [-0.25, -0.2) is 14.8 Å². The SMILES string of the molecule is C=CCCNc1ncnc2c1c(I)cn2[C@@H]1C[C@H](CNC(=O)O)[C@H]2OC(C)(C)O[C@H]21. The standard InChI is InChI=1S/C20H26IN5O4/c1-4-5-6-22-17-14-12(21)9-26(18(14)25-10-24-17)13-7-11(8-23-19(27)28)15-16(13)30-20(2,3)29-15/h4,9-11,13,15-16,23H,1,5-8H2,2-3H3,(H,27,28)(H,22,24,25)/t11-,13-,15-,16+/m1/s1. The van der Waals surface area contributed by atoms with Gasteiger partial charge in [0.1, 0.15) is 23.9 Å². The molecule has 3 N–H and O–H groups in total. The van der Waals surface area contributed by atoms with E-state index in [4.69, 9.17) is 14.6 Å². The molecular weight excluding hydrogens is 501 g/mol. The third kappa shape index (κ3) is 4.00. The third-order valence-electron chi connectivity index (χ3n) is 5.63. The maximum absolute atomic E-state index is 11.0. The van der Waals surface area contributed by atoms with Crippen LogP contribution >= 0.6 is 22.6 Å². The van der Waals surface area contributed by atoms with Gasteiger partial charge in [-0.2, -0.15) is 0 Å². The van der Waals surface area contributed by atoms with Gasteiger partial charge in [0.15, 0.2) is 5.79 Å². The monoisotopic (exact) mass is 527 g/mol. The third-order valence-corrected chi connectivity index (χ3v) is 6.45. The van der Waals surface area contributed by atoms with Gasteiger partial charge in [-0.1, -0.05) is 6.08 Å². The quantitative estimate of drug-likeness (QED) is 0.288. The summed E-state index contributed by atoms with van der Waals surface area (Å²) in [6, 6.07) is -0.0145. The summed E-state index contributed by atoms with van der Waals surface area (Å²) in [5, 5.41) is 15.9. The van der Waals surface area contributed by atoms with Crippen LogP contribution in [0, 0.1) is 9.49 Å². The average Bonchev–Trinajstić information content (AvgIpc) is 3.29. The minimum Gasteiger partial charge on any atom is -0.465 e. The van der Waals surface area contributed by atoms with Crippen molar-refractivity contribution in [3.63, 3.8) is 0 Å². The van der Waals surface area contributed by atoms with E-state index in [9.17, 15) is 4.79 Å². The fraction of sp³-hybridized carbons (Fsp3) is 0.550. The summed E-state index contributed by atoms with van der Waals surface area (Å²) in [6.45, 7) is 8.62. The summed E-state index contributed by atoms with van der Waals surface area (Å²) in [5.41, 5.74) is 0.833. The molecule has 0 aromatic carbocycles. The Morgan fingerprint density at radius 1 is 1.43 bits per heavy atom. The summed E-state index contributed by atoms with van der Waals surface area (Å²) in [5.74, 6) is 0.102. The van der Waals surface area contributed by atoms with Gasteiger partial charge in [-0.15, -0.1) is 6.58 Å². The van der Waals surface area contributed by atoms with Crippen LogP contribution in [0.1, 0.15) is 32.7 Å². The zero-order valence-electron chi connectivity index (χ0n) is 17.0. The Balaban J connectivity index is 1.68. The minimum atomic E-state index is -1.03. The first-order valence-electron chi connectivity index (χ1n) is 9.99. The van der Waals surface area contributed by atoms with Gasteiger partial charge < -0.3 is 29.8 Å². The zero-order valence-corrected chi connectivity index (χ0v) is 19.1. The van der Waals surface area contributed by atoms with Crippen molar-refractivity contribution in [1.82, 2.24) is 19.9 Å². The highest BCUT2D eigenvalue weighted by Gasteiger charge is 2.54. The highest BCUT2D eigenvalue weighted by Crippen LogP contribution is 2.48. The second kappa shape index (κ2) is 8.31. The van der Waals surface area contributed by atoms with Crippen LogP contribution in [0.4, 0.5) is 10.6 Å². The molecule has 1 amide bonds. The minimum absolute atomic E-state index is 0.0139. The Labute approximate surface area is 188 Å². The number of fused-ring (bicyclic) bond motifs is 2. The van der Waals surface area contributed by atoms with Gasteiger partial charge in [0.2, 0.25) is 0 Å². The first-order valence-corrected chi connectivity index (χ1v) is 11.1. The predicted octanol–water partition coefficient (Wildman–Crippen LogP) is 3.37. The fourth-order valence-corrected chi connectivity index (χ4v) is 5.26. The van der Waals surface area contributed by atoms with Gasteiger partial charge in [-0.3, -0.25) is 0 Å². The number of amides is 1. The predicted molar refractivity (Wildman–Crippen MR) is 121 cm³/mol. The molecule has 0 radical (unpaired) electrons. The molecule has 3 heterocycles. The molecule has 1 aliphatic heterocycles. The summed E-state index contributed by atoms with van der Waals surface area (Å²) < 4.78 is 15.6. The molecule has 0 bridgehead atoms. The van der Waals surface area contributed by atoms with Crippen molar-refractivity contribution >= 4 is 45.5 Å². The van der Waals surface area contributed by atoms with E-state index in [1.54, 1.807) is 6.33 Å². The molecule has 2 aliphatic rings. The van der Waals surface area contributed by atoms with E-state index in [0.717, 1.165) is 39.8 Å². The fourth-order valence-electron chi connectivity index (χ4n) is 4.47. The van der Waals surface area contributed by atoms with Gasteiger partial charge in [-0.05, 0) is 49.3 Å². The maximum atomic E-state index is 11.0. The maximum Gasteiger partial charge on any atom is 0.404 e. The van der Waals surface area contributed by atoms with Crippen LogP contribution < -0.4 is 10.6 Å². The van der Waals surface area contributed by atoms with Crippen molar-refractivity contribution in [2.45, 2.75) is 50.7 Å². The van der Waals surface area contributed by atoms with Crippen LogP contribution in [0.5, 0.6) is 0 Å². The van der Waals surface area contributed by atoms with Crippen molar-refractivity contribution in [3.05, 3.63) is 28.7 Å². The molecule has 0 spiro atoms. The Bertz CT molecular complexity index is 962. The Kier molecular flexibility index (Phi) is 5.90. The number of rotatable bonds is 7. The van der Waals surface area contributed by atoms with Gasteiger partial charge in [0.05, 0.1) is 17.5 Å². The first-order chi connectivity index (χ1) is 14.3. The molecule has 2 aromatic heterocycles. The molecule has 4 rings (SSSR count). The molecule has 2 fully saturated rings. The van der Waals surface area contributed by atoms with E-state index in [-0.39, 0.29) is 24.2 Å². The largest absolute Gasteiger partial charge is 0.465 e. The highest BCUT2D eigenvalue weighted by molar-refractivity contribution is 14.1. The summed E-state index contributed by atoms with van der Waals surface area (Å²) in [4.78, 5) is 20.0. The lowest BCUT2D eigenvalue weighted by molar-refractivity contribution is -0.159. The number of anilines is 1. The van der Waals surface area contributed by atoms with Crippen molar-refractivity contribution < 1.29 is 19.4 Å². The van der Waals surface area contributed by atoms with Crippen molar-refractivity contribution in [2.24, 2.45) is 5.92 Å². The number of aromatic nitrogens is 3. The number of hydrogen-bond donors (Lipinski definition) is 3. The number of hydrogen-bond acceptors (Lipinski definition) is 6. The van der Waals surface area contributed by atoms with E-state index in [0.29, 0.717) is 6.54 Å². The van der Waals surface area contributed by atoms with Crippen LogP contribution in [0.2, 0.25) is 0 Å². The van der Waals surface area contributed by atoms with E-state index in [1.165, 1.54) is 0 Å². The summed E-state index contributed by atoms with van der Waals surface area (Å²) >= 11 is 2.31. The smallest absolute Gasteiger partial charge is 0.404 e. The summed E-state index contributed by atoms with van der Waals surface area (Å²) in [6.07, 6.45) is 5.68. The van der Waals surface area contributed by atoms with E-state index >= 15 is 0 Å². The molecule has 1 saturated heterocycles. The topological polar surface area (TPSA) is 111 Å². The second-order valence-electron chi connectivity index (χ2n) is 8.12. The van der Waals surface area contributed by atoms with Crippen molar-refractivity contribution in [2.75, 3.05) is 18.4 Å². The second-order valence-corrected chi connectivity index (χ2v) is 9.29. The van der Waals surface area contributed by atoms with Gasteiger partial charge in [0, 0.05) is 28.8 Å².